The normalized spacial score (nSPS) is 22.9. The van der Waals surface area contributed by atoms with E-state index in [4.69, 9.17) is 9.84 Å². The maximum atomic E-state index is 12.4. The zero-order valence-electron chi connectivity index (χ0n) is 12.0. The maximum absolute atomic E-state index is 12.4. The summed E-state index contributed by atoms with van der Waals surface area (Å²) in [5.74, 6) is -0.927. The van der Waals surface area contributed by atoms with E-state index in [9.17, 15) is 9.59 Å². The molecule has 1 heterocycles. The average molecular weight is 356 g/mol. The number of ether oxygens (including phenoxy) is 1. The Bertz CT molecular complexity index is 548. The van der Waals surface area contributed by atoms with E-state index in [0.717, 1.165) is 4.47 Å². The highest BCUT2D eigenvalue weighted by molar-refractivity contribution is 9.10. The molecule has 0 aliphatic carbocycles. The number of para-hydroxylation sites is 1. The molecule has 0 spiro atoms. The molecule has 1 aliphatic rings. The Labute approximate surface area is 132 Å². The maximum Gasteiger partial charge on any atom is 0.308 e. The summed E-state index contributed by atoms with van der Waals surface area (Å²) >= 11 is 3.37. The minimum Gasteiger partial charge on any atom is -0.481 e. The number of likely N-dealkylation sites (tertiary alicyclic amines) is 1. The van der Waals surface area contributed by atoms with Crippen molar-refractivity contribution in [3.05, 3.63) is 28.7 Å². The lowest BCUT2D eigenvalue weighted by Crippen LogP contribution is -2.44. The summed E-state index contributed by atoms with van der Waals surface area (Å²) in [7, 11) is 0. The molecule has 3 unspecified atom stereocenters. The Hall–Kier alpha value is -1.56. The highest BCUT2D eigenvalue weighted by Gasteiger charge is 2.39. The van der Waals surface area contributed by atoms with Gasteiger partial charge in [0.25, 0.3) is 5.91 Å². The van der Waals surface area contributed by atoms with Gasteiger partial charge in [0, 0.05) is 12.6 Å². The van der Waals surface area contributed by atoms with Crippen LogP contribution >= 0.6 is 15.9 Å². The fourth-order valence-corrected chi connectivity index (χ4v) is 2.97. The number of halogens is 1. The van der Waals surface area contributed by atoms with Gasteiger partial charge in [0.05, 0.1) is 10.4 Å². The van der Waals surface area contributed by atoms with Crippen LogP contribution in [0.15, 0.2) is 28.7 Å². The fourth-order valence-electron chi connectivity index (χ4n) is 2.60. The molecule has 5 nitrogen and oxygen atoms in total. The van der Waals surface area contributed by atoms with Crippen LogP contribution in [0.4, 0.5) is 0 Å². The van der Waals surface area contributed by atoms with Crippen LogP contribution in [-0.2, 0) is 9.59 Å². The number of carboxylic acid groups (broad SMARTS) is 1. The molecule has 1 N–H and O–H groups in total. The summed E-state index contributed by atoms with van der Waals surface area (Å²) in [4.78, 5) is 25.1. The molecular formula is C15H18BrNO4. The standard InChI is InChI=1S/C15H18BrNO4/c1-9-11(15(19)20)7-8-17(9)14(18)10(2)21-13-6-4-3-5-12(13)16/h3-6,9-11H,7-8H2,1-2H3,(H,19,20). The molecule has 2 rings (SSSR count). The van der Waals surface area contributed by atoms with Crippen molar-refractivity contribution in [1.82, 2.24) is 4.90 Å². The molecule has 6 heteroatoms. The Kier molecular flexibility index (Phi) is 4.88. The van der Waals surface area contributed by atoms with Crippen molar-refractivity contribution in [3.63, 3.8) is 0 Å². The Morgan fingerprint density at radius 1 is 1.43 bits per heavy atom. The van der Waals surface area contributed by atoms with Crippen LogP contribution in [0, 0.1) is 5.92 Å². The second kappa shape index (κ2) is 6.47. The SMILES string of the molecule is CC(Oc1ccccc1Br)C(=O)N1CCC(C(=O)O)C1C. The Morgan fingerprint density at radius 2 is 2.10 bits per heavy atom. The fraction of sp³-hybridized carbons (Fsp3) is 0.467. The third-order valence-electron chi connectivity index (χ3n) is 3.84. The molecule has 0 radical (unpaired) electrons. The third kappa shape index (κ3) is 3.37. The summed E-state index contributed by atoms with van der Waals surface area (Å²) in [5.41, 5.74) is 0. The number of carboxylic acids is 1. The van der Waals surface area contributed by atoms with Crippen LogP contribution in [0.5, 0.6) is 5.75 Å². The van der Waals surface area contributed by atoms with Gasteiger partial charge in [-0.2, -0.15) is 0 Å². The Morgan fingerprint density at radius 3 is 2.67 bits per heavy atom. The molecule has 3 atom stereocenters. The molecule has 0 aromatic heterocycles. The second-order valence-corrected chi connectivity index (χ2v) is 6.05. The minimum atomic E-state index is -0.850. The summed E-state index contributed by atoms with van der Waals surface area (Å²) in [6.45, 7) is 3.91. The summed E-state index contributed by atoms with van der Waals surface area (Å²) in [6, 6.07) is 7.01. The van der Waals surface area contributed by atoms with E-state index in [2.05, 4.69) is 15.9 Å². The lowest BCUT2D eigenvalue weighted by molar-refractivity contribution is -0.144. The molecule has 1 aromatic rings. The van der Waals surface area contributed by atoms with Crippen molar-refractivity contribution < 1.29 is 19.4 Å². The van der Waals surface area contributed by atoms with Gasteiger partial charge in [0.1, 0.15) is 5.75 Å². The molecule has 114 valence electrons. The number of aliphatic carboxylic acids is 1. The Balaban J connectivity index is 2.03. The van der Waals surface area contributed by atoms with Crippen LogP contribution in [-0.4, -0.2) is 40.6 Å². The highest BCUT2D eigenvalue weighted by atomic mass is 79.9. The van der Waals surface area contributed by atoms with Crippen LogP contribution < -0.4 is 4.74 Å². The summed E-state index contributed by atoms with van der Waals surface area (Å²) in [5, 5.41) is 9.12. The first-order chi connectivity index (χ1) is 9.91. The molecule has 1 aliphatic heterocycles. The van der Waals surface area contributed by atoms with Gasteiger partial charge < -0.3 is 14.7 Å². The number of rotatable bonds is 4. The quantitative estimate of drug-likeness (QED) is 0.900. The van der Waals surface area contributed by atoms with Gasteiger partial charge in [-0.05, 0) is 48.3 Å². The molecule has 1 fully saturated rings. The second-order valence-electron chi connectivity index (χ2n) is 5.20. The molecule has 1 saturated heterocycles. The first-order valence-electron chi connectivity index (χ1n) is 6.86. The molecule has 1 aromatic carbocycles. The minimum absolute atomic E-state index is 0.179. The average Bonchev–Trinajstić information content (AvgIpc) is 2.82. The summed E-state index contributed by atoms with van der Waals surface area (Å²) < 4.78 is 6.46. The van der Waals surface area contributed by atoms with Crippen molar-refractivity contribution in [2.24, 2.45) is 5.92 Å². The van der Waals surface area contributed by atoms with Crippen molar-refractivity contribution in [3.8, 4) is 5.75 Å². The van der Waals surface area contributed by atoms with Crippen LogP contribution in [0.3, 0.4) is 0 Å². The number of benzene rings is 1. The number of carbonyl (C=O) groups excluding carboxylic acids is 1. The lowest BCUT2D eigenvalue weighted by Gasteiger charge is -2.26. The predicted octanol–water partition coefficient (Wildman–Crippen LogP) is 2.54. The summed E-state index contributed by atoms with van der Waals surface area (Å²) in [6.07, 6.45) is -0.164. The highest BCUT2D eigenvalue weighted by Crippen LogP contribution is 2.28. The van der Waals surface area contributed by atoms with Gasteiger partial charge in [-0.1, -0.05) is 12.1 Å². The topological polar surface area (TPSA) is 66.8 Å². The van der Waals surface area contributed by atoms with Crippen molar-refractivity contribution >= 4 is 27.8 Å². The predicted molar refractivity (Wildman–Crippen MR) is 81.1 cm³/mol. The monoisotopic (exact) mass is 355 g/mol. The van der Waals surface area contributed by atoms with Crippen molar-refractivity contribution in [2.75, 3.05) is 6.54 Å². The van der Waals surface area contributed by atoms with E-state index >= 15 is 0 Å². The van der Waals surface area contributed by atoms with E-state index in [-0.39, 0.29) is 11.9 Å². The number of nitrogens with zero attached hydrogens (tertiary/aromatic N) is 1. The van der Waals surface area contributed by atoms with E-state index < -0.39 is 18.0 Å². The van der Waals surface area contributed by atoms with Gasteiger partial charge in [0.15, 0.2) is 6.10 Å². The van der Waals surface area contributed by atoms with Crippen molar-refractivity contribution in [1.29, 1.82) is 0 Å². The molecule has 21 heavy (non-hydrogen) atoms. The van der Waals surface area contributed by atoms with Gasteiger partial charge >= 0.3 is 5.97 Å². The number of carbonyl (C=O) groups is 2. The van der Waals surface area contributed by atoms with Crippen LogP contribution in [0.2, 0.25) is 0 Å². The molecule has 0 bridgehead atoms. The molecule has 0 saturated carbocycles. The number of hydrogen-bond acceptors (Lipinski definition) is 3. The van der Waals surface area contributed by atoms with Crippen LogP contribution in [0.1, 0.15) is 20.3 Å². The van der Waals surface area contributed by atoms with Gasteiger partial charge in [0.2, 0.25) is 0 Å². The van der Waals surface area contributed by atoms with Crippen molar-refractivity contribution in [2.45, 2.75) is 32.4 Å². The smallest absolute Gasteiger partial charge is 0.308 e. The first-order valence-corrected chi connectivity index (χ1v) is 7.65. The van der Waals surface area contributed by atoms with E-state index in [1.165, 1.54) is 0 Å². The van der Waals surface area contributed by atoms with Gasteiger partial charge in [-0.25, -0.2) is 0 Å². The number of hydrogen-bond donors (Lipinski definition) is 1. The molecular weight excluding hydrogens is 338 g/mol. The van der Waals surface area contributed by atoms with Crippen LogP contribution in [0.25, 0.3) is 0 Å². The van der Waals surface area contributed by atoms with E-state index in [0.29, 0.717) is 18.7 Å². The zero-order chi connectivity index (χ0) is 15.6. The van der Waals surface area contributed by atoms with Gasteiger partial charge in [-0.15, -0.1) is 0 Å². The van der Waals surface area contributed by atoms with Gasteiger partial charge in [-0.3, -0.25) is 9.59 Å². The lowest BCUT2D eigenvalue weighted by atomic mass is 10.0. The van der Waals surface area contributed by atoms with E-state index in [1.807, 2.05) is 18.2 Å². The zero-order valence-corrected chi connectivity index (χ0v) is 13.5. The first kappa shape index (κ1) is 15.8. The largest absolute Gasteiger partial charge is 0.481 e. The number of amides is 1. The van der Waals surface area contributed by atoms with E-state index in [1.54, 1.807) is 24.8 Å². The third-order valence-corrected chi connectivity index (χ3v) is 4.50. The molecule has 1 amide bonds.